The number of benzene rings is 2. The molecule has 5 nitrogen and oxygen atoms in total. The van der Waals surface area contributed by atoms with Gasteiger partial charge in [-0.1, -0.05) is 42.0 Å². The second-order valence-electron chi connectivity index (χ2n) is 6.00. The summed E-state index contributed by atoms with van der Waals surface area (Å²) < 4.78 is 39.9. The fourth-order valence-electron chi connectivity index (χ4n) is 2.99. The smallest absolute Gasteiger partial charge is 0.248 e. The minimum Gasteiger partial charge on any atom is -0.292 e. The molecule has 0 bridgehead atoms. The van der Waals surface area contributed by atoms with Gasteiger partial charge >= 0.3 is 0 Å². The van der Waals surface area contributed by atoms with Gasteiger partial charge in [-0.2, -0.15) is 0 Å². The van der Waals surface area contributed by atoms with Gasteiger partial charge in [0, 0.05) is 7.05 Å². The lowest BCUT2D eigenvalue weighted by Crippen LogP contribution is -2.34. The summed E-state index contributed by atoms with van der Waals surface area (Å²) in [6.45, 7) is 1.85. The molecule has 0 saturated carbocycles. The summed E-state index contributed by atoms with van der Waals surface area (Å²) in [4.78, 5) is 25.4. The highest BCUT2D eigenvalue weighted by molar-refractivity contribution is 7.91. The molecular weight excluding hydrogens is 345 g/mol. The normalized spacial score (nSPS) is 22.2. The van der Waals surface area contributed by atoms with Crippen LogP contribution in [0.5, 0.6) is 0 Å². The Labute approximate surface area is 145 Å². The number of ketones is 1. The number of hydrogen-bond donors (Lipinski definition) is 0. The van der Waals surface area contributed by atoms with E-state index in [1.54, 1.807) is 24.3 Å². The Morgan fingerprint density at radius 1 is 1.08 bits per heavy atom. The highest BCUT2D eigenvalue weighted by Crippen LogP contribution is 2.37. The van der Waals surface area contributed by atoms with Gasteiger partial charge in [-0.05, 0) is 24.6 Å². The quantitative estimate of drug-likeness (QED) is 0.787. The molecule has 1 heterocycles. The van der Waals surface area contributed by atoms with Crippen LogP contribution in [-0.2, 0) is 14.8 Å². The molecule has 0 spiro atoms. The SMILES string of the molecule is Cc1ccc([C@@H]2C(=O)N(C)S(=O)(=O)[C@H]2C(=O)c2ccccc2F)cc1. The molecule has 1 aliphatic rings. The Bertz CT molecular complexity index is 953. The molecule has 1 aliphatic heterocycles. The van der Waals surface area contributed by atoms with E-state index in [4.69, 9.17) is 0 Å². The summed E-state index contributed by atoms with van der Waals surface area (Å²) in [5.74, 6) is -3.62. The van der Waals surface area contributed by atoms with Crippen molar-refractivity contribution in [3.05, 3.63) is 71.0 Å². The second-order valence-corrected chi connectivity index (χ2v) is 8.09. The lowest BCUT2D eigenvalue weighted by molar-refractivity contribution is -0.125. The molecule has 130 valence electrons. The number of carbonyl (C=O) groups excluding carboxylic acids is 2. The summed E-state index contributed by atoms with van der Waals surface area (Å²) in [6.07, 6.45) is 0. The van der Waals surface area contributed by atoms with Gasteiger partial charge in [0.1, 0.15) is 5.82 Å². The van der Waals surface area contributed by atoms with Gasteiger partial charge in [0.05, 0.1) is 11.5 Å². The molecular formula is C18H16FNO4S. The number of likely N-dealkylation sites (N-methyl/N-ethyl adjacent to an activating group) is 1. The van der Waals surface area contributed by atoms with Crippen LogP contribution >= 0.6 is 0 Å². The average Bonchev–Trinajstić information content (AvgIpc) is 2.76. The van der Waals surface area contributed by atoms with Crippen molar-refractivity contribution in [1.82, 2.24) is 4.31 Å². The fourth-order valence-corrected chi connectivity index (χ4v) is 4.71. The van der Waals surface area contributed by atoms with E-state index in [1.807, 2.05) is 6.92 Å². The molecule has 3 rings (SSSR count). The maximum atomic E-state index is 14.0. The number of aryl methyl sites for hydroxylation is 1. The Balaban J connectivity index is 2.16. The first-order valence-electron chi connectivity index (χ1n) is 7.62. The number of rotatable bonds is 3. The Kier molecular flexibility index (Phi) is 4.20. The van der Waals surface area contributed by atoms with Gasteiger partial charge in [-0.15, -0.1) is 0 Å². The molecule has 1 saturated heterocycles. The largest absolute Gasteiger partial charge is 0.292 e. The van der Waals surface area contributed by atoms with Crippen LogP contribution in [0, 0.1) is 12.7 Å². The third-order valence-corrected chi connectivity index (χ3v) is 6.49. The van der Waals surface area contributed by atoms with Gasteiger partial charge in [0.25, 0.3) is 0 Å². The highest BCUT2D eigenvalue weighted by Gasteiger charge is 2.55. The summed E-state index contributed by atoms with van der Waals surface area (Å²) in [6, 6.07) is 11.9. The minimum atomic E-state index is -4.22. The van der Waals surface area contributed by atoms with E-state index in [2.05, 4.69) is 0 Å². The van der Waals surface area contributed by atoms with Gasteiger partial charge < -0.3 is 0 Å². The zero-order valence-electron chi connectivity index (χ0n) is 13.6. The molecule has 2 aromatic rings. The molecule has 1 fully saturated rings. The fraction of sp³-hybridized carbons (Fsp3) is 0.222. The van der Waals surface area contributed by atoms with Crippen LogP contribution < -0.4 is 0 Å². The van der Waals surface area contributed by atoms with Crippen LogP contribution in [0.4, 0.5) is 4.39 Å². The molecule has 0 radical (unpaired) electrons. The molecule has 2 atom stereocenters. The van der Waals surface area contributed by atoms with E-state index < -0.39 is 38.7 Å². The second kappa shape index (κ2) is 6.07. The molecule has 25 heavy (non-hydrogen) atoms. The number of amides is 1. The summed E-state index contributed by atoms with van der Waals surface area (Å²) >= 11 is 0. The van der Waals surface area contributed by atoms with Crippen molar-refractivity contribution in [1.29, 1.82) is 0 Å². The van der Waals surface area contributed by atoms with E-state index in [9.17, 15) is 22.4 Å². The van der Waals surface area contributed by atoms with Crippen molar-refractivity contribution < 1.29 is 22.4 Å². The van der Waals surface area contributed by atoms with E-state index in [0.29, 0.717) is 9.87 Å². The average molecular weight is 361 g/mol. The van der Waals surface area contributed by atoms with Crippen LogP contribution in [0.15, 0.2) is 48.5 Å². The maximum absolute atomic E-state index is 14.0. The third kappa shape index (κ3) is 2.74. The van der Waals surface area contributed by atoms with E-state index in [1.165, 1.54) is 18.2 Å². The number of sulfonamides is 1. The highest BCUT2D eigenvalue weighted by atomic mass is 32.2. The third-order valence-electron chi connectivity index (χ3n) is 4.42. The lowest BCUT2D eigenvalue weighted by atomic mass is 9.90. The number of carbonyl (C=O) groups is 2. The van der Waals surface area contributed by atoms with Gasteiger partial charge in [0.2, 0.25) is 15.9 Å². The van der Waals surface area contributed by atoms with Crippen molar-refractivity contribution >= 4 is 21.7 Å². The van der Waals surface area contributed by atoms with Gasteiger partial charge in [-0.25, -0.2) is 17.1 Å². The standard InChI is InChI=1S/C18H16FNO4S/c1-11-7-9-12(10-8-11)15-17(25(23,24)20(2)18(15)22)16(21)13-5-3-4-6-14(13)19/h3-10,15,17H,1-2H3/t15-,17+/m0/s1. The van der Waals surface area contributed by atoms with Crippen molar-refractivity contribution in [2.24, 2.45) is 0 Å². The van der Waals surface area contributed by atoms with Gasteiger partial charge in [-0.3, -0.25) is 9.59 Å². The first-order valence-corrected chi connectivity index (χ1v) is 9.12. The molecule has 7 heteroatoms. The minimum absolute atomic E-state index is 0.337. The van der Waals surface area contributed by atoms with Crippen molar-refractivity contribution in [3.8, 4) is 0 Å². The summed E-state index contributed by atoms with van der Waals surface area (Å²) in [5, 5.41) is -1.68. The van der Waals surface area contributed by atoms with Crippen molar-refractivity contribution in [3.63, 3.8) is 0 Å². The topological polar surface area (TPSA) is 71.5 Å². The maximum Gasteiger partial charge on any atom is 0.248 e. The zero-order valence-corrected chi connectivity index (χ0v) is 14.5. The Morgan fingerprint density at radius 3 is 2.28 bits per heavy atom. The first kappa shape index (κ1) is 17.3. The van der Waals surface area contributed by atoms with Gasteiger partial charge in [0.15, 0.2) is 11.0 Å². The van der Waals surface area contributed by atoms with E-state index in [-0.39, 0.29) is 5.56 Å². The predicted octanol–water partition coefficient (Wildman–Crippen LogP) is 2.27. The van der Waals surface area contributed by atoms with Crippen LogP contribution in [-0.4, -0.2) is 36.7 Å². The molecule has 1 amide bonds. The number of hydrogen-bond acceptors (Lipinski definition) is 4. The van der Waals surface area contributed by atoms with Crippen LogP contribution in [0.2, 0.25) is 0 Å². The summed E-state index contributed by atoms with van der Waals surface area (Å²) in [5.41, 5.74) is 1.01. The first-order chi connectivity index (χ1) is 11.7. The van der Waals surface area contributed by atoms with Crippen LogP contribution in [0.25, 0.3) is 0 Å². The van der Waals surface area contributed by atoms with E-state index >= 15 is 0 Å². The molecule has 0 aliphatic carbocycles. The summed E-state index contributed by atoms with van der Waals surface area (Å²) in [7, 11) is -3.10. The predicted molar refractivity (Wildman–Crippen MR) is 90.1 cm³/mol. The molecule has 0 N–H and O–H groups in total. The van der Waals surface area contributed by atoms with E-state index in [0.717, 1.165) is 18.7 Å². The molecule has 0 unspecified atom stereocenters. The molecule has 0 aromatic heterocycles. The molecule has 2 aromatic carbocycles. The zero-order chi connectivity index (χ0) is 18.4. The Morgan fingerprint density at radius 2 is 1.68 bits per heavy atom. The monoisotopic (exact) mass is 361 g/mol. The van der Waals surface area contributed by atoms with Crippen molar-refractivity contribution in [2.45, 2.75) is 18.1 Å². The number of halogens is 1. The van der Waals surface area contributed by atoms with Crippen LogP contribution in [0.3, 0.4) is 0 Å². The van der Waals surface area contributed by atoms with Crippen molar-refractivity contribution in [2.75, 3.05) is 7.05 Å². The number of nitrogens with zero attached hydrogens (tertiary/aromatic N) is 1. The number of Topliss-reactive ketones (excluding diaryl/α,β-unsaturated/α-hetero) is 1. The lowest BCUT2D eigenvalue weighted by Gasteiger charge is -2.15. The Hall–Kier alpha value is -2.54. The van der Waals surface area contributed by atoms with Crippen LogP contribution in [0.1, 0.15) is 27.4 Å².